The first-order valence-corrected chi connectivity index (χ1v) is 4.56. The van der Waals surface area contributed by atoms with Gasteiger partial charge in [-0.05, 0) is 12.8 Å². The standard InChI is InChI=1S/C10H14O2/c1-7-10(2)6-4-3-5-8(10)9(11)12-7/h8H,1,3-6H2,2H3. The van der Waals surface area contributed by atoms with Gasteiger partial charge in [0, 0.05) is 5.41 Å². The van der Waals surface area contributed by atoms with Gasteiger partial charge in [-0.1, -0.05) is 26.3 Å². The third-order valence-corrected chi connectivity index (χ3v) is 3.35. The Morgan fingerprint density at radius 1 is 1.58 bits per heavy atom. The lowest BCUT2D eigenvalue weighted by molar-refractivity contribution is -0.140. The number of carbonyl (C=O) groups excluding carboxylic acids is 1. The molecule has 2 aliphatic rings. The fourth-order valence-electron chi connectivity index (χ4n) is 2.35. The van der Waals surface area contributed by atoms with Crippen LogP contribution in [0, 0.1) is 11.3 Å². The van der Waals surface area contributed by atoms with Crippen LogP contribution in [0.4, 0.5) is 0 Å². The maximum atomic E-state index is 11.3. The normalized spacial score (nSPS) is 40.9. The zero-order chi connectivity index (χ0) is 8.77. The topological polar surface area (TPSA) is 26.3 Å². The molecule has 2 heteroatoms. The number of cyclic esters (lactones) is 1. The number of fused-ring (bicyclic) bond motifs is 1. The molecule has 0 radical (unpaired) electrons. The van der Waals surface area contributed by atoms with Crippen molar-refractivity contribution in [2.24, 2.45) is 11.3 Å². The number of hydrogen-bond donors (Lipinski definition) is 0. The number of esters is 1. The van der Waals surface area contributed by atoms with Crippen LogP contribution in [0.25, 0.3) is 0 Å². The summed E-state index contributed by atoms with van der Waals surface area (Å²) in [5, 5.41) is 0. The van der Waals surface area contributed by atoms with Gasteiger partial charge in [0.1, 0.15) is 5.76 Å². The van der Waals surface area contributed by atoms with E-state index in [1.807, 2.05) is 0 Å². The Hall–Kier alpha value is -0.790. The second-order valence-electron chi connectivity index (χ2n) is 4.06. The molecule has 0 aromatic rings. The number of allylic oxidation sites excluding steroid dienone is 1. The molecule has 1 saturated heterocycles. The predicted octanol–water partition coefficient (Wildman–Crippen LogP) is 2.25. The molecule has 0 amide bonds. The van der Waals surface area contributed by atoms with Crippen LogP contribution in [0.2, 0.25) is 0 Å². The van der Waals surface area contributed by atoms with E-state index >= 15 is 0 Å². The molecule has 1 aliphatic carbocycles. The summed E-state index contributed by atoms with van der Waals surface area (Å²) in [5.41, 5.74) is -0.0463. The molecule has 2 atom stereocenters. The first-order valence-electron chi connectivity index (χ1n) is 4.56. The minimum Gasteiger partial charge on any atom is -0.431 e. The Labute approximate surface area is 72.6 Å². The number of carbonyl (C=O) groups is 1. The van der Waals surface area contributed by atoms with Gasteiger partial charge in [0.05, 0.1) is 5.92 Å². The molecule has 2 rings (SSSR count). The average Bonchev–Trinajstić information content (AvgIpc) is 2.25. The summed E-state index contributed by atoms with van der Waals surface area (Å²) < 4.78 is 5.08. The second-order valence-corrected chi connectivity index (χ2v) is 4.06. The quantitative estimate of drug-likeness (QED) is 0.516. The van der Waals surface area contributed by atoms with Gasteiger partial charge in [0.2, 0.25) is 0 Å². The summed E-state index contributed by atoms with van der Waals surface area (Å²) in [7, 11) is 0. The lowest BCUT2D eigenvalue weighted by Crippen LogP contribution is -2.29. The molecular weight excluding hydrogens is 152 g/mol. The molecule has 1 heterocycles. The lowest BCUT2D eigenvalue weighted by Gasteiger charge is -2.32. The molecule has 0 N–H and O–H groups in total. The van der Waals surface area contributed by atoms with Crippen LogP contribution in [-0.4, -0.2) is 5.97 Å². The van der Waals surface area contributed by atoms with Crippen LogP contribution in [0.15, 0.2) is 12.3 Å². The molecule has 0 aromatic heterocycles. The number of ether oxygens (including phenoxy) is 1. The smallest absolute Gasteiger partial charge is 0.315 e. The van der Waals surface area contributed by atoms with E-state index in [0.29, 0.717) is 5.76 Å². The van der Waals surface area contributed by atoms with Gasteiger partial charge in [-0.25, -0.2) is 0 Å². The lowest BCUT2D eigenvalue weighted by atomic mass is 9.68. The number of rotatable bonds is 0. The summed E-state index contributed by atoms with van der Waals surface area (Å²) in [6.07, 6.45) is 4.39. The highest BCUT2D eigenvalue weighted by molar-refractivity contribution is 5.78. The highest BCUT2D eigenvalue weighted by atomic mass is 16.5. The van der Waals surface area contributed by atoms with Crippen LogP contribution in [-0.2, 0) is 9.53 Å². The molecule has 66 valence electrons. The monoisotopic (exact) mass is 166 g/mol. The maximum absolute atomic E-state index is 11.3. The van der Waals surface area contributed by atoms with E-state index in [0.717, 1.165) is 19.3 Å². The Bertz CT molecular complexity index is 244. The molecule has 1 saturated carbocycles. The average molecular weight is 166 g/mol. The third-order valence-electron chi connectivity index (χ3n) is 3.35. The zero-order valence-electron chi connectivity index (χ0n) is 7.43. The second kappa shape index (κ2) is 2.35. The van der Waals surface area contributed by atoms with Gasteiger partial charge < -0.3 is 4.74 Å². The fourth-order valence-corrected chi connectivity index (χ4v) is 2.35. The van der Waals surface area contributed by atoms with Crippen LogP contribution >= 0.6 is 0 Å². The molecule has 2 unspecified atom stereocenters. The molecule has 0 aromatic carbocycles. The predicted molar refractivity (Wildman–Crippen MR) is 45.3 cm³/mol. The van der Waals surface area contributed by atoms with E-state index in [1.165, 1.54) is 6.42 Å². The summed E-state index contributed by atoms with van der Waals surface area (Å²) in [5.74, 6) is 0.734. The maximum Gasteiger partial charge on any atom is 0.315 e. The van der Waals surface area contributed by atoms with Gasteiger partial charge in [0.15, 0.2) is 0 Å². The zero-order valence-corrected chi connectivity index (χ0v) is 7.43. The van der Waals surface area contributed by atoms with Crippen LogP contribution in [0.1, 0.15) is 32.6 Å². The largest absolute Gasteiger partial charge is 0.431 e. The van der Waals surface area contributed by atoms with E-state index in [4.69, 9.17) is 4.74 Å². The van der Waals surface area contributed by atoms with E-state index in [1.54, 1.807) is 0 Å². The number of hydrogen-bond acceptors (Lipinski definition) is 2. The van der Waals surface area contributed by atoms with Gasteiger partial charge in [-0.3, -0.25) is 4.79 Å². The molecule has 2 nitrogen and oxygen atoms in total. The van der Waals surface area contributed by atoms with Crippen molar-refractivity contribution in [1.82, 2.24) is 0 Å². The molecule has 12 heavy (non-hydrogen) atoms. The molecular formula is C10H14O2. The minimum atomic E-state index is -0.0535. The third kappa shape index (κ3) is 0.838. The molecule has 2 fully saturated rings. The summed E-state index contributed by atoms with van der Waals surface area (Å²) >= 11 is 0. The van der Waals surface area contributed by atoms with E-state index in [9.17, 15) is 4.79 Å². The summed E-state index contributed by atoms with van der Waals surface area (Å²) in [6, 6.07) is 0. The van der Waals surface area contributed by atoms with Gasteiger partial charge in [-0.2, -0.15) is 0 Å². The molecule has 1 aliphatic heterocycles. The summed E-state index contributed by atoms with van der Waals surface area (Å²) in [6.45, 7) is 5.92. The Morgan fingerprint density at radius 2 is 2.33 bits per heavy atom. The van der Waals surface area contributed by atoms with Crippen molar-refractivity contribution < 1.29 is 9.53 Å². The van der Waals surface area contributed by atoms with E-state index in [-0.39, 0.29) is 17.3 Å². The first-order chi connectivity index (χ1) is 5.64. The molecule has 0 spiro atoms. The fraction of sp³-hybridized carbons (Fsp3) is 0.700. The van der Waals surface area contributed by atoms with Crippen LogP contribution in [0.3, 0.4) is 0 Å². The van der Waals surface area contributed by atoms with Gasteiger partial charge in [-0.15, -0.1) is 0 Å². The SMILES string of the molecule is C=C1OC(=O)C2CCCCC12C. The van der Waals surface area contributed by atoms with Gasteiger partial charge >= 0.3 is 5.97 Å². The molecule has 0 bridgehead atoms. The van der Waals surface area contributed by atoms with Crippen LogP contribution < -0.4 is 0 Å². The van der Waals surface area contributed by atoms with Crippen molar-refractivity contribution in [2.75, 3.05) is 0 Å². The highest BCUT2D eigenvalue weighted by Gasteiger charge is 2.50. The Balaban J connectivity index is 2.33. The Morgan fingerprint density at radius 3 is 3.00 bits per heavy atom. The van der Waals surface area contributed by atoms with Crippen molar-refractivity contribution in [3.8, 4) is 0 Å². The van der Waals surface area contributed by atoms with Crippen molar-refractivity contribution in [2.45, 2.75) is 32.6 Å². The summed E-state index contributed by atoms with van der Waals surface area (Å²) in [4.78, 5) is 11.3. The van der Waals surface area contributed by atoms with E-state index < -0.39 is 0 Å². The van der Waals surface area contributed by atoms with Crippen molar-refractivity contribution >= 4 is 5.97 Å². The van der Waals surface area contributed by atoms with Crippen molar-refractivity contribution in [1.29, 1.82) is 0 Å². The van der Waals surface area contributed by atoms with Crippen molar-refractivity contribution in [3.63, 3.8) is 0 Å². The van der Waals surface area contributed by atoms with Crippen molar-refractivity contribution in [3.05, 3.63) is 12.3 Å². The first kappa shape index (κ1) is 7.84. The minimum absolute atomic E-state index is 0.0463. The highest BCUT2D eigenvalue weighted by Crippen LogP contribution is 2.51. The van der Waals surface area contributed by atoms with Gasteiger partial charge in [0.25, 0.3) is 0 Å². The Kier molecular flexibility index (Phi) is 1.53. The van der Waals surface area contributed by atoms with Crippen LogP contribution in [0.5, 0.6) is 0 Å². The van der Waals surface area contributed by atoms with E-state index in [2.05, 4.69) is 13.5 Å².